The SMILES string of the molecule is CC(=O)NCC(=O)Nc1ccc2c(c1)CCN2.Cl. The standard InChI is InChI=1S/C12H15N3O2.ClH/c1-8(16)14-7-12(17)15-10-2-3-11-9(6-10)4-5-13-11;/h2-3,6,13H,4-5,7H2,1H3,(H,14,16)(H,15,17);1H. The van der Waals surface area contributed by atoms with Gasteiger partial charge in [-0.2, -0.15) is 0 Å². The lowest BCUT2D eigenvalue weighted by molar-refractivity contribution is -0.122. The summed E-state index contributed by atoms with van der Waals surface area (Å²) in [5.41, 5.74) is 3.11. The van der Waals surface area contributed by atoms with Crippen molar-refractivity contribution >= 4 is 35.6 Å². The van der Waals surface area contributed by atoms with Crippen molar-refractivity contribution in [2.45, 2.75) is 13.3 Å². The maximum absolute atomic E-state index is 11.5. The largest absolute Gasteiger partial charge is 0.384 e. The van der Waals surface area contributed by atoms with Crippen LogP contribution >= 0.6 is 12.4 Å². The van der Waals surface area contributed by atoms with E-state index in [0.29, 0.717) is 0 Å². The predicted molar refractivity (Wildman–Crippen MR) is 73.2 cm³/mol. The van der Waals surface area contributed by atoms with E-state index in [1.165, 1.54) is 12.5 Å². The molecule has 1 aromatic rings. The molecular weight excluding hydrogens is 254 g/mol. The first-order valence-corrected chi connectivity index (χ1v) is 5.56. The highest BCUT2D eigenvalue weighted by atomic mass is 35.5. The number of benzene rings is 1. The average Bonchev–Trinajstić information content (AvgIpc) is 2.73. The van der Waals surface area contributed by atoms with E-state index in [1.807, 2.05) is 18.2 Å². The summed E-state index contributed by atoms with van der Waals surface area (Å²) >= 11 is 0. The molecule has 1 heterocycles. The Bertz CT molecular complexity index is 463. The van der Waals surface area contributed by atoms with Gasteiger partial charge in [-0.1, -0.05) is 0 Å². The summed E-state index contributed by atoms with van der Waals surface area (Å²) in [5.74, 6) is -0.426. The zero-order valence-electron chi connectivity index (χ0n) is 10.1. The van der Waals surface area contributed by atoms with Gasteiger partial charge in [-0.25, -0.2) is 0 Å². The molecule has 1 aliphatic rings. The summed E-state index contributed by atoms with van der Waals surface area (Å²) in [4.78, 5) is 22.1. The molecule has 6 heteroatoms. The lowest BCUT2D eigenvalue weighted by Crippen LogP contribution is -2.31. The Labute approximate surface area is 112 Å². The van der Waals surface area contributed by atoms with Crippen molar-refractivity contribution in [3.05, 3.63) is 23.8 Å². The third-order valence-electron chi connectivity index (χ3n) is 2.60. The first-order valence-electron chi connectivity index (χ1n) is 5.56. The zero-order valence-corrected chi connectivity index (χ0v) is 10.9. The lowest BCUT2D eigenvalue weighted by Gasteiger charge is -2.07. The second-order valence-corrected chi connectivity index (χ2v) is 4.01. The monoisotopic (exact) mass is 269 g/mol. The topological polar surface area (TPSA) is 70.2 Å². The van der Waals surface area contributed by atoms with E-state index >= 15 is 0 Å². The van der Waals surface area contributed by atoms with Crippen LogP contribution in [0.2, 0.25) is 0 Å². The molecule has 2 amide bonds. The van der Waals surface area contributed by atoms with E-state index < -0.39 is 0 Å². The van der Waals surface area contributed by atoms with Crippen molar-refractivity contribution in [2.24, 2.45) is 0 Å². The Hall–Kier alpha value is -1.75. The highest BCUT2D eigenvalue weighted by Gasteiger charge is 2.11. The van der Waals surface area contributed by atoms with E-state index in [0.717, 1.165) is 24.3 Å². The van der Waals surface area contributed by atoms with Crippen LogP contribution in [0.5, 0.6) is 0 Å². The number of carbonyl (C=O) groups excluding carboxylic acids is 2. The first kappa shape index (κ1) is 14.3. The second kappa shape index (κ2) is 6.26. The van der Waals surface area contributed by atoms with Gasteiger partial charge in [0.15, 0.2) is 0 Å². The molecule has 0 atom stereocenters. The Morgan fingerprint density at radius 2 is 2.17 bits per heavy atom. The Kier molecular flexibility index (Phi) is 4.97. The molecule has 3 N–H and O–H groups in total. The van der Waals surface area contributed by atoms with Crippen LogP contribution in [0.4, 0.5) is 11.4 Å². The van der Waals surface area contributed by atoms with Crippen molar-refractivity contribution in [3.63, 3.8) is 0 Å². The number of fused-ring (bicyclic) bond motifs is 1. The Morgan fingerprint density at radius 3 is 2.89 bits per heavy atom. The minimum absolute atomic E-state index is 0. The number of rotatable bonds is 3. The molecular formula is C12H16ClN3O2. The van der Waals surface area contributed by atoms with Gasteiger partial charge in [0, 0.05) is 24.8 Å². The van der Waals surface area contributed by atoms with Crippen molar-refractivity contribution in [2.75, 3.05) is 23.7 Å². The molecule has 0 unspecified atom stereocenters. The number of anilines is 2. The van der Waals surface area contributed by atoms with Gasteiger partial charge in [0.25, 0.3) is 0 Å². The van der Waals surface area contributed by atoms with Crippen LogP contribution in [0, 0.1) is 0 Å². The van der Waals surface area contributed by atoms with Gasteiger partial charge in [0.05, 0.1) is 6.54 Å². The van der Waals surface area contributed by atoms with Crippen LogP contribution < -0.4 is 16.0 Å². The minimum Gasteiger partial charge on any atom is -0.384 e. The Balaban J connectivity index is 0.00000162. The number of hydrogen-bond acceptors (Lipinski definition) is 3. The molecule has 0 radical (unpaired) electrons. The van der Waals surface area contributed by atoms with E-state index in [2.05, 4.69) is 16.0 Å². The van der Waals surface area contributed by atoms with Crippen LogP contribution in [0.1, 0.15) is 12.5 Å². The fraction of sp³-hybridized carbons (Fsp3) is 0.333. The van der Waals surface area contributed by atoms with Crippen LogP contribution in [0.3, 0.4) is 0 Å². The zero-order chi connectivity index (χ0) is 12.3. The van der Waals surface area contributed by atoms with Crippen molar-refractivity contribution < 1.29 is 9.59 Å². The summed E-state index contributed by atoms with van der Waals surface area (Å²) in [6.45, 7) is 2.33. The van der Waals surface area contributed by atoms with E-state index in [9.17, 15) is 9.59 Å². The number of nitrogens with one attached hydrogen (secondary N) is 3. The summed E-state index contributed by atoms with van der Waals surface area (Å²) in [6.07, 6.45) is 0.977. The molecule has 1 aromatic carbocycles. The van der Waals surface area contributed by atoms with Gasteiger partial charge < -0.3 is 16.0 Å². The van der Waals surface area contributed by atoms with Crippen molar-refractivity contribution in [1.82, 2.24) is 5.32 Å². The molecule has 0 aromatic heterocycles. The molecule has 0 saturated heterocycles. The fourth-order valence-corrected chi connectivity index (χ4v) is 1.79. The maximum Gasteiger partial charge on any atom is 0.243 e. The van der Waals surface area contributed by atoms with E-state index in [-0.39, 0.29) is 30.8 Å². The molecule has 0 spiro atoms. The van der Waals surface area contributed by atoms with Gasteiger partial charge in [-0.05, 0) is 30.2 Å². The highest BCUT2D eigenvalue weighted by molar-refractivity contribution is 5.94. The smallest absolute Gasteiger partial charge is 0.243 e. The summed E-state index contributed by atoms with van der Waals surface area (Å²) < 4.78 is 0. The van der Waals surface area contributed by atoms with Crippen LogP contribution in [-0.2, 0) is 16.0 Å². The van der Waals surface area contributed by atoms with Crippen LogP contribution in [0.15, 0.2) is 18.2 Å². The predicted octanol–water partition coefficient (Wildman–Crippen LogP) is 1.15. The number of hydrogen-bond donors (Lipinski definition) is 3. The number of carbonyl (C=O) groups is 2. The average molecular weight is 270 g/mol. The van der Waals surface area contributed by atoms with Crippen molar-refractivity contribution in [3.8, 4) is 0 Å². The lowest BCUT2D eigenvalue weighted by atomic mass is 10.1. The van der Waals surface area contributed by atoms with E-state index in [1.54, 1.807) is 0 Å². The summed E-state index contributed by atoms with van der Waals surface area (Å²) in [5, 5.41) is 8.45. The highest BCUT2D eigenvalue weighted by Crippen LogP contribution is 2.25. The molecule has 0 saturated carbocycles. The maximum atomic E-state index is 11.5. The van der Waals surface area contributed by atoms with Gasteiger partial charge in [-0.3, -0.25) is 9.59 Å². The molecule has 2 rings (SSSR count). The minimum atomic E-state index is -0.217. The second-order valence-electron chi connectivity index (χ2n) is 4.01. The molecule has 1 aliphatic heterocycles. The summed E-state index contributed by atoms with van der Waals surface area (Å²) in [6, 6.07) is 5.76. The molecule has 0 bridgehead atoms. The number of halogens is 1. The van der Waals surface area contributed by atoms with Crippen molar-refractivity contribution in [1.29, 1.82) is 0 Å². The third kappa shape index (κ3) is 3.63. The number of amides is 2. The molecule has 0 aliphatic carbocycles. The summed E-state index contributed by atoms with van der Waals surface area (Å²) in [7, 11) is 0. The molecule has 5 nitrogen and oxygen atoms in total. The first-order chi connectivity index (χ1) is 8.15. The molecule has 18 heavy (non-hydrogen) atoms. The normalized spacial score (nSPS) is 11.8. The molecule has 0 fully saturated rings. The fourth-order valence-electron chi connectivity index (χ4n) is 1.79. The third-order valence-corrected chi connectivity index (χ3v) is 2.60. The van der Waals surface area contributed by atoms with Gasteiger partial charge in [-0.15, -0.1) is 12.4 Å². The van der Waals surface area contributed by atoms with Crippen LogP contribution in [0.25, 0.3) is 0 Å². The quantitative estimate of drug-likeness (QED) is 0.771. The van der Waals surface area contributed by atoms with Gasteiger partial charge in [0.2, 0.25) is 11.8 Å². The van der Waals surface area contributed by atoms with Gasteiger partial charge >= 0.3 is 0 Å². The van der Waals surface area contributed by atoms with Gasteiger partial charge in [0.1, 0.15) is 0 Å². The van der Waals surface area contributed by atoms with Crippen LogP contribution in [-0.4, -0.2) is 24.9 Å². The van der Waals surface area contributed by atoms with E-state index in [4.69, 9.17) is 0 Å². The molecule has 98 valence electrons. The Morgan fingerprint density at radius 1 is 1.39 bits per heavy atom.